The quantitative estimate of drug-likeness (QED) is 0.924. The average molecular weight is 333 g/mol. The van der Waals surface area contributed by atoms with Crippen LogP contribution in [0.1, 0.15) is 31.2 Å². The molecular formula is C16H20FN5O2. The number of amides is 1. The second-order valence-electron chi connectivity index (χ2n) is 5.88. The molecule has 0 aromatic carbocycles. The van der Waals surface area contributed by atoms with E-state index in [1.165, 1.54) is 6.33 Å². The summed E-state index contributed by atoms with van der Waals surface area (Å²) < 4.78 is 19.3. The van der Waals surface area contributed by atoms with Crippen molar-refractivity contribution in [1.82, 2.24) is 15.1 Å². The molecule has 1 N–H and O–H groups in total. The van der Waals surface area contributed by atoms with Crippen molar-refractivity contribution in [2.24, 2.45) is 5.92 Å². The fraction of sp³-hybridized carbons (Fsp3) is 0.500. The summed E-state index contributed by atoms with van der Waals surface area (Å²) in [7, 11) is 0. The zero-order chi connectivity index (χ0) is 17.1. The van der Waals surface area contributed by atoms with E-state index in [4.69, 9.17) is 4.52 Å². The molecule has 1 aliphatic heterocycles. The lowest BCUT2D eigenvalue weighted by Gasteiger charge is -2.32. The minimum Gasteiger partial charge on any atom is -0.360 e. The maximum absolute atomic E-state index is 14.3. The molecule has 0 atom stereocenters. The maximum Gasteiger partial charge on any atom is 0.228 e. The molecule has 2 aromatic heterocycles. The molecule has 7 nitrogen and oxygen atoms in total. The highest BCUT2D eigenvalue weighted by Crippen LogP contribution is 2.25. The first-order chi connectivity index (χ1) is 11.6. The number of nitrogens with one attached hydrogen (secondary N) is 1. The highest BCUT2D eigenvalue weighted by molar-refractivity contribution is 5.91. The van der Waals surface area contributed by atoms with Crippen LogP contribution in [-0.4, -0.2) is 34.1 Å². The predicted molar refractivity (Wildman–Crippen MR) is 86.2 cm³/mol. The van der Waals surface area contributed by atoms with Crippen LogP contribution in [0.3, 0.4) is 0 Å². The summed E-state index contributed by atoms with van der Waals surface area (Å²) >= 11 is 0. The number of hydrogen-bond donors (Lipinski definition) is 1. The Kier molecular flexibility index (Phi) is 4.73. The van der Waals surface area contributed by atoms with Gasteiger partial charge in [-0.3, -0.25) is 4.79 Å². The van der Waals surface area contributed by atoms with Crippen molar-refractivity contribution >= 4 is 17.5 Å². The van der Waals surface area contributed by atoms with E-state index in [-0.39, 0.29) is 17.6 Å². The third-order valence-corrected chi connectivity index (χ3v) is 4.22. The molecule has 0 aliphatic carbocycles. The molecule has 1 saturated heterocycles. The number of anilines is 2. The number of rotatable bonds is 4. The Hall–Kier alpha value is -2.51. The number of aromatic nitrogens is 3. The summed E-state index contributed by atoms with van der Waals surface area (Å²) in [5, 5.41) is 6.51. The molecule has 2 aromatic rings. The molecule has 3 heterocycles. The Balaban J connectivity index is 1.60. The molecule has 24 heavy (non-hydrogen) atoms. The first-order valence-electron chi connectivity index (χ1n) is 8.07. The van der Waals surface area contributed by atoms with Gasteiger partial charge in [-0.25, -0.2) is 14.4 Å². The van der Waals surface area contributed by atoms with Gasteiger partial charge in [0.15, 0.2) is 17.5 Å². The van der Waals surface area contributed by atoms with Crippen molar-refractivity contribution < 1.29 is 13.7 Å². The van der Waals surface area contributed by atoms with Gasteiger partial charge < -0.3 is 14.7 Å². The number of aryl methyl sites for hydroxylation is 2. The fourth-order valence-corrected chi connectivity index (χ4v) is 2.87. The zero-order valence-electron chi connectivity index (χ0n) is 13.8. The van der Waals surface area contributed by atoms with Gasteiger partial charge in [0.05, 0.1) is 5.69 Å². The number of hydrogen-bond acceptors (Lipinski definition) is 6. The monoisotopic (exact) mass is 333 g/mol. The lowest BCUT2D eigenvalue weighted by atomic mass is 9.96. The minimum absolute atomic E-state index is 0.0830. The van der Waals surface area contributed by atoms with Crippen molar-refractivity contribution in [1.29, 1.82) is 0 Å². The van der Waals surface area contributed by atoms with Crippen molar-refractivity contribution in [3.8, 4) is 0 Å². The smallest absolute Gasteiger partial charge is 0.228 e. The standard InChI is InChI=1S/C16H20FN5O2/c1-3-12-14(17)15(19-9-18-12)22-6-4-11(5-7-22)16(23)20-13-8-10(2)24-21-13/h8-9,11H,3-7H2,1-2H3,(H,20,21,23). The molecule has 128 valence electrons. The molecule has 3 rings (SSSR count). The topological polar surface area (TPSA) is 84.2 Å². The van der Waals surface area contributed by atoms with E-state index < -0.39 is 0 Å². The van der Waals surface area contributed by atoms with Gasteiger partial charge in [0.2, 0.25) is 5.91 Å². The van der Waals surface area contributed by atoms with Crippen molar-refractivity contribution in [2.45, 2.75) is 33.1 Å². The summed E-state index contributed by atoms with van der Waals surface area (Å²) in [6, 6.07) is 1.68. The number of piperidine rings is 1. The number of nitrogens with zero attached hydrogens (tertiary/aromatic N) is 4. The SMILES string of the molecule is CCc1ncnc(N2CCC(C(=O)Nc3cc(C)on3)CC2)c1F. The van der Waals surface area contributed by atoms with Crippen LogP contribution in [0, 0.1) is 18.7 Å². The lowest BCUT2D eigenvalue weighted by molar-refractivity contribution is -0.120. The van der Waals surface area contributed by atoms with Crippen molar-refractivity contribution in [3.05, 3.63) is 29.7 Å². The number of carbonyl (C=O) groups is 1. The zero-order valence-corrected chi connectivity index (χ0v) is 13.8. The molecule has 0 spiro atoms. The third kappa shape index (κ3) is 3.37. The highest BCUT2D eigenvalue weighted by Gasteiger charge is 2.28. The summed E-state index contributed by atoms with van der Waals surface area (Å²) in [6.07, 6.45) is 3.18. The van der Waals surface area contributed by atoms with E-state index in [0.29, 0.717) is 55.4 Å². The van der Waals surface area contributed by atoms with Gasteiger partial charge in [0.25, 0.3) is 0 Å². The maximum atomic E-state index is 14.3. The molecular weight excluding hydrogens is 313 g/mol. The second kappa shape index (κ2) is 6.94. The first kappa shape index (κ1) is 16.4. The van der Waals surface area contributed by atoms with Crippen LogP contribution in [0.4, 0.5) is 16.0 Å². The normalized spacial score (nSPS) is 15.5. The van der Waals surface area contributed by atoms with E-state index in [9.17, 15) is 9.18 Å². The molecule has 0 radical (unpaired) electrons. The molecule has 0 unspecified atom stereocenters. The summed E-state index contributed by atoms with van der Waals surface area (Å²) in [5.41, 5.74) is 0.418. The highest BCUT2D eigenvalue weighted by atomic mass is 19.1. The van der Waals surface area contributed by atoms with Crippen LogP contribution in [0.15, 0.2) is 16.9 Å². The van der Waals surface area contributed by atoms with E-state index in [1.54, 1.807) is 13.0 Å². The Bertz CT molecular complexity index is 725. The molecule has 0 saturated carbocycles. The number of halogens is 1. The van der Waals surface area contributed by atoms with Gasteiger partial charge in [-0.1, -0.05) is 12.1 Å². The van der Waals surface area contributed by atoms with E-state index in [1.807, 2.05) is 11.8 Å². The van der Waals surface area contributed by atoms with Crippen molar-refractivity contribution in [2.75, 3.05) is 23.3 Å². The van der Waals surface area contributed by atoms with Gasteiger partial charge in [0, 0.05) is 25.1 Å². The third-order valence-electron chi connectivity index (χ3n) is 4.22. The van der Waals surface area contributed by atoms with E-state index in [0.717, 1.165) is 0 Å². The van der Waals surface area contributed by atoms with Gasteiger partial charge in [-0.05, 0) is 26.2 Å². The largest absolute Gasteiger partial charge is 0.360 e. The first-order valence-corrected chi connectivity index (χ1v) is 8.07. The van der Waals surface area contributed by atoms with Gasteiger partial charge in [-0.2, -0.15) is 0 Å². The van der Waals surface area contributed by atoms with Crippen LogP contribution in [0.2, 0.25) is 0 Å². The second-order valence-corrected chi connectivity index (χ2v) is 5.88. The summed E-state index contributed by atoms with van der Waals surface area (Å²) in [4.78, 5) is 22.2. The van der Waals surface area contributed by atoms with Crippen LogP contribution >= 0.6 is 0 Å². The predicted octanol–water partition coefficient (Wildman–Crippen LogP) is 2.33. The molecule has 0 bridgehead atoms. The summed E-state index contributed by atoms with van der Waals surface area (Å²) in [5.74, 6) is 0.823. The molecule has 1 fully saturated rings. The van der Waals surface area contributed by atoms with E-state index >= 15 is 0 Å². The van der Waals surface area contributed by atoms with Crippen LogP contribution in [0.25, 0.3) is 0 Å². The van der Waals surface area contributed by atoms with Gasteiger partial charge in [-0.15, -0.1) is 0 Å². The Morgan fingerprint density at radius 3 is 2.79 bits per heavy atom. The van der Waals surface area contributed by atoms with Crippen LogP contribution < -0.4 is 10.2 Å². The molecule has 8 heteroatoms. The Morgan fingerprint density at radius 1 is 1.42 bits per heavy atom. The summed E-state index contributed by atoms with van der Waals surface area (Å²) in [6.45, 7) is 4.78. The fourth-order valence-electron chi connectivity index (χ4n) is 2.87. The Labute approximate surface area is 139 Å². The van der Waals surface area contributed by atoms with Crippen LogP contribution in [-0.2, 0) is 11.2 Å². The molecule has 1 aliphatic rings. The van der Waals surface area contributed by atoms with Crippen LogP contribution in [0.5, 0.6) is 0 Å². The minimum atomic E-state index is -0.360. The molecule has 1 amide bonds. The van der Waals surface area contributed by atoms with E-state index in [2.05, 4.69) is 20.4 Å². The number of carbonyl (C=O) groups excluding carboxylic acids is 1. The Morgan fingerprint density at radius 2 is 2.17 bits per heavy atom. The van der Waals surface area contributed by atoms with Gasteiger partial charge in [0.1, 0.15) is 12.1 Å². The average Bonchev–Trinajstić information content (AvgIpc) is 3.00. The van der Waals surface area contributed by atoms with Gasteiger partial charge >= 0.3 is 0 Å². The van der Waals surface area contributed by atoms with Crippen molar-refractivity contribution in [3.63, 3.8) is 0 Å². The lowest BCUT2D eigenvalue weighted by Crippen LogP contribution is -2.39.